The van der Waals surface area contributed by atoms with E-state index in [1.807, 2.05) is 0 Å². The van der Waals surface area contributed by atoms with Gasteiger partial charge in [-0.1, -0.05) is 39.5 Å². The first-order valence-electron chi connectivity index (χ1n) is 7.51. The predicted octanol–water partition coefficient (Wildman–Crippen LogP) is 2.76. The van der Waals surface area contributed by atoms with Crippen molar-refractivity contribution < 1.29 is 8.42 Å². The first kappa shape index (κ1) is 16.0. The summed E-state index contributed by atoms with van der Waals surface area (Å²) in [7, 11) is -2.71. The first-order valence-corrected chi connectivity index (χ1v) is 9.33. The van der Waals surface area contributed by atoms with Crippen molar-refractivity contribution in [3.63, 3.8) is 0 Å². The minimum Gasteiger partial charge on any atom is -0.314 e. The highest BCUT2D eigenvalue weighted by molar-refractivity contribution is 7.91. The van der Waals surface area contributed by atoms with Crippen LogP contribution in [0.15, 0.2) is 0 Å². The maximum atomic E-state index is 11.5. The van der Waals surface area contributed by atoms with Gasteiger partial charge in [0.1, 0.15) is 0 Å². The van der Waals surface area contributed by atoms with Gasteiger partial charge in [-0.15, -0.1) is 0 Å². The van der Waals surface area contributed by atoms with Gasteiger partial charge in [-0.2, -0.15) is 0 Å². The normalized spacial score (nSPS) is 24.2. The van der Waals surface area contributed by atoms with Gasteiger partial charge in [-0.05, 0) is 31.7 Å². The van der Waals surface area contributed by atoms with Crippen molar-refractivity contribution >= 4 is 9.84 Å². The molecule has 0 aromatic rings. The third kappa shape index (κ3) is 6.19. The van der Waals surface area contributed by atoms with Crippen molar-refractivity contribution in [1.82, 2.24) is 5.32 Å². The van der Waals surface area contributed by atoms with Gasteiger partial charge < -0.3 is 5.32 Å². The van der Waals surface area contributed by atoms with Gasteiger partial charge in [-0.25, -0.2) is 8.42 Å². The Morgan fingerprint density at radius 2 is 2.00 bits per heavy atom. The van der Waals surface area contributed by atoms with Crippen LogP contribution in [0.1, 0.15) is 58.8 Å². The number of unbranched alkanes of at least 4 members (excludes halogenated alkanes) is 3. The average molecular weight is 275 g/mol. The third-order valence-corrected chi connectivity index (χ3v) is 5.68. The van der Waals surface area contributed by atoms with Gasteiger partial charge in [0.2, 0.25) is 0 Å². The summed E-state index contributed by atoms with van der Waals surface area (Å²) in [6, 6.07) is 0.519. The number of hydrogen-bond acceptors (Lipinski definition) is 3. The van der Waals surface area contributed by atoms with E-state index in [2.05, 4.69) is 19.2 Å². The van der Waals surface area contributed by atoms with Crippen LogP contribution in [0.5, 0.6) is 0 Å². The summed E-state index contributed by atoms with van der Waals surface area (Å²) in [6.45, 7) is 5.34. The summed E-state index contributed by atoms with van der Waals surface area (Å²) in [6.07, 6.45) is 8.28. The molecule has 0 aromatic carbocycles. The van der Waals surface area contributed by atoms with Gasteiger partial charge in [0.25, 0.3) is 0 Å². The van der Waals surface area contributed by atoms with Crippen molar-refractivity contribution in [3.8, 4) is 0 Å². The van der Waals surface area contributed by atoms with E-state index in [1.54, 1.807) is 0 Å². The second kappa shape index (κ2) is 8.16. The molecule has 1 fully saturated rings. The van der Waals surface area contributed by atoms with E-state index in [-0.39, 0.29) is 0 Å². The molecule has 3 nitrogen and oxygen atoms in total. The Hall–Kier alpha value is -0.0900. The van der Waals surface area contributed by atoms with Crippen LogP contribution in [0.2, 0.25) is 0 Å². The van der Waals surface area contributed by atoms with Crippen LogP contribution in [0, 0.1) is 5.92 Å². The summed E-state index contributed by atoms with van der Waals surface area (Å²) in [5.41, 5.74) is 0. The summed E-state index contributed by atoms with van der Waals surface area (Å²) < 4.78 is 22.9. The average Bonchev–Trinajstić information content (AvgIpc) is 2.64. The van der Waals surface area contributed by atoms with E-state index in [9.17, 15) is 8.42 Å². The molecule has 2 unspecified atom stereocenters. The fourth-order valence-electron chi connectivity index (χ4n) is 2.87. The zero-order chi connectivity index (χ0) is 13.4. The van der Waals surface area contributed by atoms with E-state index >= 15 is 0 Å². The van der Waals surface area contributed by atoms with E-state index in [4.69, 9.17) is 0 Å². The first-order chi connectivity index (χ1) is 8.57. The second-order valence-electron chi connectivity index (χ2n) is 5.61. The lowest BCUT2D eigenvalue weighted by Gasteiger charge is -2.20. The van der Waals surface area contributed by atoms with Crippen molar-refractivity contribution in [2.75, 3.05) is 18.1 Å². The van der Waals surface area contributed by atoms with Gasteiger partial charge in [0.15, 0.2) is 9.84 Å². The third-order valence-electron chi connectivity index (χ3n) is 3.84. The van der Waals surface area contributed by atoms with Crippen molar-refractivity contribution in [1.29, 1.82) is 0 Å². The molecule has 0 aromatic heterocycles. The molecule has 2 atom stereocenters. The molecule has 0 bridgehead atoms. The number of rotatable bonds is 9. The van der Waals surface area contributed by atoms with Gasteiger partial charge in [-0.3, -0.25) is 0 Å². The second-order valence-corrected chi connectivity index (χ2v) is 7.84. The van der Waals surface area contributed by atoms with E-state index < -0.39 is 9.84 Å². The van der Waals surface area contributed by atoms with Crippen LogP contribution in [0.4, 0.5) is 0 Å². The summed E-state index contributed by atoms with van der Waals surface area (Å²) in [4.78, 5) is 0. The summed E-state index contributed by atoms with van der Waals surface area (Å²) in [5, 5.41) is 3.52. The molecule has 4 heteroatoms. The molecule has 1 heterocycles. The molecule has 0 spiro atoms. The monoisotopic (exact) mass is 275 g/mol. The molecule has 0 radical (unpaired) electrons. The Morgan fingerprint density at radius 3 is 2.56 bits per heavy atom. The Bertz CT molecular complexity index is 314. The topological polar surface area (TPSA) is 46.2 Å². The molecule has 108 valence electrons. The van der Waals surface area contributed by atoms with Crippen molar-refractivity contribution in [2.45, 2.75) is 64.8 Å². The molecule has 1 N–H and O–H groups in total. The molecule has 0 amide bonds. The largest absolute Gasteiger partial charge is 0.314 e. The standard InChI is InChI=1S/C14H29NO2S/c1-3-5-6-7-8-14(15-4-2)11-13-9-10-18(16,17)12-13/h13-15H,3-12H2,1-2H3. The highest BCUT2D eigenvalue weighted by Crippen LogP contribution is 2.24. The lowest BCUT2D eigenvalue weighted by atomic mass is 9.95. The Kier molecular flexibility index (Phi) is 7.23. The van der Waals surface area contributed by atoms with Crippen LogP contribution in [0.25, 0.3) is 0 Å². The van der Waals surface area contributed by atoms with Crippen molar-refractivity contribution in [3.05, 3.63) is 0 Å². The molecule has 1 saturated heterocycles. The SMILES string of the molecule is CCCCCCC(CC1CCS(=O)(=O)C1)NCC. The van der Waals surface area contributed by atoms with Gasteiger partial charge >= 0.3 is 0 Å². The van der Waals surface area contributed by atoms with Crippen LogP contribution < -0.4 is 5.32 Å². The van der Waals surface area contributed by atoms with Gasteiger partial charge in [0.05, 0.1) is 11.5 Å². The molecule has 1 rings (SSSR count). The van der Waals surface area contributed by atoms with Gasteiger partial charge in [0, 0.05) is 6.04 Å². The summed E-state index contributed by atoms with van der Waals surface area (Å²) >= 11 is 0. The smallest absolute Gasteiger partial charge is 0.150 e. The minimum absolute atomic E-state index is 0.394. The maximum absolute atomic E-state index is 11.5. The Balaban J connectivity index is 2.29. The highest BCUT2D eigenvalue weighted by atomic mass is 32.2. The van der Waals surface area contributed by atoms with Crippen LogP contribution in [-0.2, 0) is 9.84 Å². The number of sulfone groups is 1. The lowest BCUT2D eigenvalue weighted by molar-refractivity contribution is 0.381. The van der Waals surface area contributed by atoms with E-state index in [1.165, 1.54) is 32.1 Å². The molecule has 0 saturated carbocycles. The van der Waals surface area contributed by atoms with Crippen molar-refractivity contribution in [2.24, 2.45) is 5.92 Å². The minimum atomic E-state index is -2.71. The highest BCUT2D eigenvalue weighted by Gasteiger charge is 2.29. The maximum Gasteiger partial charge on any atom is 0.150 e. The lowest BCUT2D eigenvalue weighted by Crippen LogP contribution is -2.31. The molecule has 1 aliphatic rings. The van der Waals surface area contributed by atoms with Crippen LogP contribution >= 0.6 is 0 Å². The number of hydrogen-bond donors (Lipinski definition) is 1. The Labute approximate surface area is 113 Å². The zero-order valence-electron chi connectivity index (χ0n) is 12.0. The quantitative estimate of drug-likeness (QED) is 0.658. The van der Waals surface area contributed by atoms with E-state index in [0.717, 1.165) is 19.4 Å². The molecular weight excluding hydrogens is 246 g/mol. The fraction of sp³-hybridized carbons (Fsp3) is 1.00. The number of nitrogens with one attached hydrogen (secondary N) is 1. The molecule has 18 heavy (non-hydrogen) atoms. The molecule has 1 aliphatic heterocycles. The molecule has 0 aliphatic carbocycles. The van der Waals surface area contributed by atoms with Crippen LogP contribution in [0.3, 0.4) is 0 Å². The van der Waals surface area contributed by atoms with Crippen LogP contribution in [-0.4, -0.2) is 32.5 Å². The Morgan fingerprint density at radius 1 is 1.22 bits per heavy atom. The predicted molar refractivity (Wildman–Crippen MR) is 77.6 cm³/mol. The van der Waals surface area contributed by atoms with E-state index in [0.29, 0.717) is 23.5 Å². The fourth-order valence-corrected chi connectivity index (χ4v) is 4.75. The molecular formula is C14H29NO2S. The zero-order valence-corrected chi connectivity index (χ0v) is 12.8. The summed E-state index contributed by atoms with van der Waals surface area (Å²) in [5.74, 6) is 1.22.